The highest BCUT2D eigenvalue weighted by molar-refractivity contribution is 7.99. The molecule has 2 rings (SSSR count). The number of sulfonamides is 1. The zero-order valence-corrected chi connectivity index (χ0v) is 17.4. The molecular weight excluding hydrogens is 403 g/mol. The highest BCUT2D eigenvalue weighted by Gasteiger charge is 2.16. The molecule has 0 heterocycles. The summed E-state index contributed by atoms with van der Waals surface area (Å²) in [6.07, 6.45) is 0. The van der Waals surface area contributed by atoms with Crippen LogP contribution in [0.5, 0.6) is 5.75 Å². The third-order valence-electron chi connectivity index (χ3n) is 3.74. The molecule has 28 heavy (non-hydrogen) atoms. The summed E-state index contributed by atoms with van der Waals surface area (Å²) in [7, 11) is -0.528. The van der Waals surface area contributed by atoms with Gasteiger partial charge in [0.2, 0.25) is 15.9 Å². The number of hydrogen-bond acceptors (Lipinski definition) is 5. The molecule has 152 valence electrons. The molecular formula is C19H23FN2O4S2. The van der Waals surface area contributed by atoms with Gasteiger partial charge in [-0.25, -0.2) is 17.1 Å². The molecule has 1 amide bonds. The maximum absolute atomic E-state index is 13.5. The Balaban J connectivity index is 1.67. The molecule has 0 spiro atoms. The Hall–Kier alpha value is -2.10. The van der Waals surface area contributed by atoms with Gasteiger partial charge in [-0.05, 0) is 35.9 Å². The Labute approximate surface area is 169 Å². The normalized spacial score (nSPS) is 11.4. The van der Waals surface area contributed by atoms with Crippen molar-refractivity contribution in [3.05, 3.63) is 59.9 Å². The van der Waals surface area contributed by atoms with Crippen LogP contribution in [-0.4, -0.2) is 51.6 Å². The van der Waals surface area contributed by atoms with E-state index in [1.165, 1.54) is 44.1 Å². The lowest BCUT2D eigenvalue weighted by atomic mass is 10.2. The Morgan fingerprint density at radius 1 is 1.14 bits per heavy atom. The van der Waals surface area contributed by atoms with Crippen molar-refractivity contribution in [2.75, 3.05) is 33.0 Å². The molecule has 0 aliphatic heterocycles. The summed E-state index contributed by atoms with van der Waals surface area (Å²) in [4.78, 5) is 12.0. The summed E-state index contributed by atoms with van der Waals surface area (Å²) in [5.41, 5.74) is 0.573. The van der Waals surface area contributed by atoms with Crippen molar-refractivity contribution in [2.24, 2.45) is 0 Å². The number of carbonyl (C=O) groups excluding carboxylic acids is 1. The van der Waals surface area contributed by atoms with Crippen molar-refractivity contribution in [3.8, 4) is 5.75 Å². The molecule has 0 unspecified atom stereocenters. The fraction of sp³-hybridized carbons (Fsp3) is 0.316. The van der Waals surface area contributed by atoms with E-state index in [-0.39, 0.29) is 29.0 Å². The van der Waals surface area contributed by atoms with Gasteiger partial charge in [0.15, 0.2) is 0 Å². The Kier molecular flexibility index (Phi) is 8.28. The second-order valence-electron chi connectivity index (χ2n) is 6.04. The van der Waals surface area contributed by atoms with Crippen molar-refractivity contribution < 1.29 is 22.3 Å². The molecule has 6 nitrogen and oxygen atoms in total. The second-order valence-corrected chi connectivity index (χ2v) is 9.18. The first-order valence-corrected chi connectivity index (χ1v) is 11.1. The highest BCUT2D eigenvalue weighted by atomic mass is 32.2. The number of nitrogens with one attached hydrogen (secondary N) is 1. The van der Waals surface area contributed by atoms with Crippen LogP contribution in [-0.2, 0) is 20.6 Å². The molecule has 0 bridgehead atoms. The molecule has 0 atom stereocenters. The number of carbonyl (C=O) groups is 1. The molecule has 2 aromatic carbocycles. The predicted octanol–water partition coefficient (Wildman–Crippen LogP) is 2.50. The van der Waals surface area contributed by atoms with E-state index >= 15 is 0 Å². The van der Waals surface area contributed by atoms with Gasteiger partial charge in [0.25, 0.3) is 0 Å². The van der Waals surface area contributed by atoms with Gasteiger partial charge in [-0.15, -0.1) is 11.8 Å². The molecule has 0 fully saturated rings. The van der Waals surface area contributed by atoms with E-state index in [1.807, 2.05) is 0 Å². The van der Waals surface area contributed by atoms with Gasteiger partial charge in [-0.1, -0.05) is 18.2 Å². The third-order valence-corrected chi connectivity index (χ3v) is 6.55. The molecule has 0 aromatic heterocycles. The topological polar surface area (TPSA) is 75.7 Å². The lowest BCUT2D eigenvalue weighted by molar-refractivity contribution is -0.118. The summed E-state index contributed by atoms with van der Waals surface area (Å²) in [6.45, 7) is 0.570. The summed E-state index contributed by atoms with van der Waals surface area (Å²) in [5.74, 6) is 0.746. The maximum atomic E-state index is 13.5. The zero-order chi connectivity index (χ0) is 20.6. The lowest BCUT2D eigenvalue weighted by Gasteiger charge is -2.12. The molecule has 2 aromatic rings. The van der Waals surface area contributed by atoms with E-state index < -0.39 is 10.0 Å². The average molecular weight is 427 g/mol. The van der Waals surface area contributed by atoms with E-state index in [4.69, 9.17) is 4.74 Å². The molecule has 1 N–H and O–H groups in total. The summed E-state index contributed by atoms with van der Waals surface area (Å²) >= 11 is 1.34. The van der Waals surface area contributed by atoms with Crippen LogP contribution in [0.1, 0.15) is 5.56 Å². The monoisotopic (exact) mass is 426 g/mol. The predicted molar refractivity (Wildman–Crippen MR) is 108 cm³/mol. The van der Waals surface area contributed by atoms with Crippen LogP contribution in [0, 0.1) is 5.82 Å². The summed E-state index contributed by atoms with van der Waals surface area (Å²) < 4.78 is 44.1. The summed E-state index contributed by atoms with van der Waals surface area (Å²) in [6, 6.07) is 12.6. The smallest absolute Gasteiger partial charge is 0.242 e. The van der Waals surface area contributed by atoms with Crippen molar-refractivity contribution >= 4 is 27.7 Å². The largest absolute Gasteiger partial charge is 0.492 e. The quantitative estimate of drug-likeness (QED) is 0.591. The number of ether oxygens (including phenoxy) is 1. The molecule has 0 aliphatic carbocycles. The van der Waals surface area contributed by atoms with Crippen LogP contribution < -0.4 is 10.1 Å². The molecule has 9 heteroatoms. The van der Waals surface area contributed by atoms with Gasteiger partial charge < -0.3 is 10.1 Å². The Bertz CT molecular complexity index is 887. The number of hydrogen-bond donors (Lipinski definition) is 1. The van der Waals surface area contributed by atoms with Crippen LogP contribution in [0.4, 0.5) is 4.39 Å². The first kappa shape index (κ1) is 22.2. The number of rotatable bonds is 10. The fourth-order valence-electron chi connectivity index (χ4n) is 2.20. The van der Waals surface area contributed by atoms with Gasteiger partial charge in [0, 0.05) is 19.8 Å². The van der Waals surface area contributed by atoms with Crippen molar-refractivity contribution in [1.82, 2.24) is 9.62 Å². The van der Waals surface area contributed by atoms with E-state index in [0.29, 0.717) is 23.6 Å². The average Bonchev–Trinajstić information content (AvgIpc) is 2.67. The molecule has 0 saturated carbocycles. The van der Waals surface area contributed by atoms with Crippen LogP contribution in [0.3, 0.4) is 0 Å². The molecule has 0 radical (unpaired) electrons. The van der Waals surface area contributed by atoms with Crippen molar-refractivity contribution in [1.29, 1.82) is 0 Å². The third kappa shape index (κ3) is 6.50. The van der Waals surface area contributed by atoms with Gasteiger partial charge in [0.05, 0.1) is 17.2 Å². The number of benzene rings is 2. The first-order valence-electron chi connectivity index (χ1n) is 8.54. The summed E-state index contributed by atoms with van der Waals surface area (Å²) in [5, 5.41) is 2.72. The minimum atomic E-state index is -3.47. The van der Waals surface area contributed by atoms with E-state index in [9.17, 15) is 17.6 Å². The van der Waals surface area contributed by atoms with Gasteiger partial charge in [-0.2, -0.15) is 0 Å². The number of thioether (sulfide) groups is 1. The number of amides is 1. The number of nitrogens with zero attached hydrogens (tertiary/aromatic N) is 1. The van der Waals surface area contributed by atoms with Crippen LogP contribution in [0.2, 0.25) is 0 Å². The SMILES string of the molecule is CN(C)S(=O)(=O)c1ccc(OCCNC(=O)CSCc2ccccc2F)cc1. The minimum absolute atomic E-state index is 0.155. The van der Waals surface area contributed by atoms with Crippen LogP contribution >= 0.6 is 11.8 Å². The second kappa shape index (κ2) is 10.4. The van der Waals surface area contributed by atoms with E-state index in [0.717, 1.165) is 4.31 Å². The van der Waals surface area contributed by atoms with E-state index in [2.05, 4.69) is 5.32 Å². The lowest BCUT2D eigenvalue weighted by Crippen LogP contribution is -2.29. The van der Waals surface area contributed by atoms with Crippen LogP contribution in [0.25, 0.3) is 0 Å². The number of halogens is 1. The van der Waals surface area contributed by atoms with Gasteiger partial charge in [0.1, 0.15) is 18.2 Å². The van der Waals surface area contributed by atoms with Crippen molar-refractivity contribution in [2.45, 2.75) is 10.6 Å². The standard InChI is InChI=1S/C19H23FN2O4S2/c1-22(2)28(24,25)17-9-7-16(8-10-17)26-12-11-21-19(23)14-27-13-15-5-3-4-6-18(15)20/h3-10H,11-14H2,1-2H3,(H,21,23). The zero-order valence-electron chi connectivity index (χ0n) is 15.7. The van der Waals surface area contributed by atoms with Gasteiger partial charge >= 0.3 is 0 Å². The molecule has 0 saturated heterocycles. The first-order chi connectivity index (χ1) is 13.3. The van der Waals surface area contributed by atoms with E-state index in [1.54, 1.807) is 30.3 Å². The van der Waals surface area contributed by atoms with Crippen molar-refractivity contribution in [3.63, 3.8) is 0 Å². The van der Waals surface area contributed by atoms with Gasteiger partial charge in [-0.3, -0.25) is 4.79 Å². The minimum Gasteiger partial charge on any atom is -0.492 e. The Morgan fingerprint density at radius 2 is 1.82 bits per heavy atom. The highest BCUT2D eigenvalue weighted by Crippen LogP contribution is 2.18. The maximum Gasteiger partial charge on any atom is 0.242 e. The molecule has 0 aliphatic rings. The van der Waals surface area contributed by atoms with Crippen LogP contribution in [0.15, 0.2) is 53.4 Å². The Morgan fingerprint density at radius 3 is 2.46 bits per heavy atom. The fourth-order valence-corrected chi connectivity index (χ4v) is 3.94.